The van der Waals surface area contributed by atoms with Crippen LogP contribution in [0.5, 0.6) is 11.5 Å². The number of halogens is 3. The minimum atomic E-state index is -3.98. The first-order valence-electron chi connectivity index (χ1n) is 8.88. The Bertz CT molecular complexity index is 1210. The SMILES string of the molecule is CS(=O)(=O)N(CC(=O)Nc1cc(Cl)ccc1Oc1ccccc1)c1ccc(F)c(F)c1. The van der Waals surface area contributed by atoms with E-state index >= 15 is 0 Å². The summed E-state index contributed by atoms with van der Waals surface area (Å²) in [6.07, 6.45) is 0.852. The van der Waals surface area contributed by atoms with E-state index in [0.717, 1.165) is 18.4 Å². The van der Waals surface area contributed by atoms with Crippen LogP contribution < -0.4 is 14.4 Å². The fourth-order valence-corrected chi connectivity index (χ4v) is 3.69. The topological polar surface area (TPSA) is 75.7 Å². The number of carbonyl (C=O) groups is 1. The summed E-state index contributed by atoms with van der Waals surface area (Å²) in [4.78, 5) is 12.6. The van der Waals surface area contributed by atoms with Crippen LogP contribution in [0, 0.1) is 11.6 Å². The molecule has 162 valence electrons. The molecule has 0 fully saturated rings. The van der Waals surface area contributed by atoms with Gasteiger partial charge in [0.05, 0.1) is 17.6 Å². The molecule has 0 radical (unpaired) electrons. The Morgan fingerprint density at radius 2 is 1.74 bits per heavy atom. The van der Waals surface area contributed by atoms with Crippen LogP contribution in [0.15, 0.2) is 66.7 Å². The third kappa shape index (κ3) is 5.93. The largest absolute Gasteiger partial charge is 0.455 e. The van der Waals surface area contributed by atoms with Crippen LogP contribution in [0.1, 0.15) is 0 Å². The van der Waals surface area contributed by atoms with Gasteiger partial charge in [-0.25, -0.2) is 17.2 Å². The zero-order valence-corrected chi connectivity index (χ0v) is 17.8. The third-order valence-corrected chi connectivity index (χ3v) is 5.44. The highest BCUT2D eigenvalue weighted by Crippen LogP contribution is 2.32. The molecule has 0 unspecified atom stereocenters. The number of hydrogen-bond acceptors (Lipinski definition) is 4. The Labute approximate surface area is 183 Å². The Morgan fingerprint density at radius 3 is 2.39 bits per heavy atom. The maximum absolute atomic E-state index is 13.6. The van der Waals surface area contributed by atoms with E-state index in [1.165, 1.54) is 6.07 Å². The molecule has 0 heterocycles. The molecule has 0 atom stereocenters. The number of carbonyl (C=O) groups excluding carboxylic acids is 1. The standard InChI is InChI=1S/C21H17ClF2N2O4S/c1-31(28,29)26(15-8-9-17(23)18(24)12-15)13-21(27)25-19-11-14(22)7-10-20(19)30-16-5-3-2-4-6-16/h2-12H,13H2,1H3,(H,25,27). The summed E-state index contributed by atoms with van der Waals surface area (Å²) in [7, 11) is -3.98. The van der Waals surface area contributed by atoms with E-state index in [1.54, 1.807) is 36.4 Å². The summed E-state index contributed by atoms with van der Waals surface area (Å²) in [5.41, 5.74) is 0.0171. The van der Waals surface area contributed by atoms with Gasteiger partial charge >= 0.3 is 0 Å². The van der Waals surface area contributed by atoms with Gasteiger partial charge in [0.1, 0.15) is 12.3 Å². The summed E-state index contributed by atoms with van der Waals surface area (Å²) in [6.45, 7) is -0.679. The number of nitrogens with zero attached hydrogens (tertiary/aromatic N) is 1. The van der Waals surface area contributed by atoms with Gasteiger partial charge in [-0.2, -0.15) is 0 Å². The van der Waals surface area contributed by atoms with Crippen molar-refractivity contribution < 1.29 is 26.7 Å². The van der Waals surface area contributed by atoms with Gasteiger partial charge in [-0.05, 0) is 42.5 Å². The number of ether oxygens (including phenoxy) is 1. The second kappa shape index (κ2) is 9.32. The highest BCUT2D eigenvalue weighted by Gasteiger charge is 2.23. The highest BCUT2D eigenvalue weighted by molar-refractivity contribution is 7.92. The van der Waals surface area contributed by atoms with Gasteiger partial charge in [-0.1, -0.05) is 29.8 Å². The number of para-hydroxylation sites is 1. The van der Waals surface area contributed by atoms with Crippen molar-refractivity contribution in [3.8, 4) is 11.5 Å². The van der Waals surface area contributed by atoms with Crippen molar-refractivity contribution in [2.24, 2.45) is 0 Å². The van der Waals surface area contributed by atoms with Crippen LogP contribution in [-0.2, 0) is 14.8 Å². The molecule has 0 bridgehead atoms. The molecule has 0 saturated carbocycles. The summed E-state index contributed by atoms with van der Waals surface area (Å²) in [6, 6.07) is 15.9. The smallest absolute Gasteiger partial charge is 0.245 e. The molecule has 3 rings (SSSR count). The molecular weight excluding hydrogens is 450 g/mol. The molecule has 1 amide bonds. The average molecular weight is 467 g/mol. The highest BCUT2D eigenvalue weighted by atomic mass is 35.5. The summed E-state index contributed by atoms with van der Waals surface area (Å²) < 4.78 is 57.5. The predicted molar refractivity (Wildman–Crippen MR) is 115 cm³/mol. The first kappa shape index (κ1) is 22.5. The molecular formula is C21H17ClF2N2O4S. The normalized spacial score (nSPS) is 11.1. The van der Waals surface area contributed by atoms with E-state index < -0.39 is 34.1 Å². The molecule has 0 aliphatic carbocycles. The Balaban J connectivity index is 1.84. The van der Waals surface area contributed by atoms with Crippen LogP contribution in [0.25, 0.3) is 0 Å². The van der Waals surface area contributed by atoms with Crippen molar-refractivity contribution >= 4 is 38.9 Å². The van der Waals surface area contributed by atoms with Gasteiger partial charge in [-0.3, -0.25) is 9.10 Å². The maximum Gasteiger partial charge on any atom is 0.245 e. The lowest BCUT2D eigenvalue weighted by Gasteiger charge is -2.22. The van der Waals surface area contributed by atoms with Crippen molar-refractivity contribution in [1.82, 2.24) is 0 Å². The van der Waals surface area contributed by atoms with Crippen molar-refractivity contribution in [3.05, 3.63) is 83.4 Å². The lowest BCUT2D eigenvalue weighted by molar-refractivity contribution is -0.114. The van der Waals surface area contributed by atoms with Crippen LogP contribution in [-0.4, -0.2) is 27.1 Å². The van der Waals surface area contributed by atoms with Crippen molar-refractivity contribution in [1.29, 1.82) is 0 Å². The fraction of sp³-hybridized carbons (Fsp3) is 0.0952. The number of sulfonamides is 1. The van der Waals surface area contributed by atoms with Gasteiger partial charge < -0.3 is 10.1 Å². The average Bonchev–Trinajstić information content (AvgIpc) is 2.70. The first-order valence-corrected chi connectivity index (χ1v) is 11.1. The van der Waals surface area contributed by atoms with Crippen LogP contribution in [0.4, 0.5) is 20.2 Å². The van der Waals surface area contributed by atoms with E-state index in [-0.39, 0.29) is 17.1 Å². The second-order valence-corrected chi connectivity index (χ2v) is 8.82. The van der Waals surface area contributed by atoms with Crippen LogP contribution in [0.3, 0.4) is 0 Å². The van der Waals surface area contributed by atoms with E-state index in [1.807, 2.05) is 6.07 Å². The first-order chi connectivity index (χ1) is 14.6. The van der Waals surface area contributed by atoms with Gasteiger partial charge in [0, 0.05) is 11.1 Å². The molecule has 0 aromatic heterocycles. The molecule has 6 nitrogen and oxygen atoms in total. The Morgan fingerprint density at radius 1 is 1.03 bits per heavy atom. The Hall–Kier alpha value is -3.17. The van der Waals surface area contributed by atoms with Gasteiger partial charge in [0.2, 0.25) is 15.9 Å². The van der Waals surface area contributed by atoms with Crippen LogP contribution in [0.2, 0.25) is 5.02 Å². The monoisotopic (exact) mass is 466 g/mol. The molecule has 3 aromatic carbocycles. The number of rotatable bonds is 7. The zero-order valence-electron chi connectivity index (χ0n) is 16.2. The van der Waals surface area contributed by atoms with Gasteiger partial charge in [0.15, 0.2) is 17.4 Å². The molecule has 0 aliphatic heterocycles. The number of amides is 1. The van der Waals surface area contributed by atoms with Crippen molar-refractivity contribution in [3.63, 3.8) is 0 Å². The molecule has 0 saturated heterocycles. The molecule has 0 spiro atoms. The van der Waals surface area contributed by atoms with Crippen LogP contribution >= 0.6 is 11.6 Å². The summed E-state index contributed by atoms with van der Waals surface area (Å²) in [5, 5.41) is 2.86. The number of anilines is 2. The summed E-state index contributed by atoms with van der Waals surface area (Å²) >= 11 is 6.02. The minimum absolute atomic E-state index is 0.191. The maximum atomic E-state index is 13.6. The van der Waals surface area contributed by atoms with E-state index in [0.29, 0.717) is 21.1 Å². The predicted octanol–water partition coefficient (Wildman–Crippen LogP) is 4.82. The van der Waals surface area contributed by atoms with E-state index in [9.17, 15) is 22.0 Å². The molecule has 31 heavy (non-hydrogen) atoms. The molecule has 3 aromatic rings. The molecule has 1 N–H and O–H groups in total. The molecule has 0 aliphatic rings. The number of hydrogen-bond donors (Lipinski definition) is 1. The second-order valence-electron chi connectivity index (χ2n) is 6.47. The molecule has 10 heteroatoms. The minimum Gasteiger partial charge on any atom is -0.455 e. The van der Waals surface area contributed by atoms with Crippen molar-refractivity contribution in [2.45, 2.75) is 0 Å². The van der Waals surface area contributed by atoms with Gasteiger partial charge in [0.25, 0.3) is 0 Å². The van der Waals surface area contributed by atoms with Gasteiger partial charge in [-0.15, -0.1) is 0 Å². The number of nitrogens with one attached hydrogen (secondary N) is 1. The lowest BCUT2D eigenvalue weighted by Crippen LogP contribution is -2.37. The van der Waals surface area contributed by atoms with E-state index in [4.69, 9.17) is 16.3 Å². The van der Waals surface area contributed by atoms with Crippen molar-refractivity contribution in [2.75, 3.05) is 22.4 Å². The quantitative estimate of drug-likeness (QED) is 0.542. The lowest BCUT2D eigenvalue weighted by atomic mass is 10.2. The fourth-order valence-electron chi connectivity index (χ4n) is 2.66. The Kier molecular flexibility index (Phi) is 6.77. The third-order valence-electron chi connectivity index (χ3n) is 4.07. The number of benzene rings is 3. The summed E-state index contributed by atoms with van der Waals surface area (Å²) in [5.74, 6) is -2.32. The zero-order chi connectivity index (χ0) is 22.6. The van der Waals surface area contributed by atoms with E-state index in [2.05, 4.69) is 5.32 Å².